The number of nitrogens with zero attached hydrogens (tertiary/aromatic N) is 2. The highest BCUT2D eigenvalue weighted by molar-refractivity contribution is 6.03. The van der Waals surface area contributed by atoms with Crippen molar-refractivity contribution in [2.45, 2.75) is 135 Å². The molecule has 2 aliphatic heterocycles. The van der Waals surface area contributed by atoms with Crippen LogP contribution >= 0.6 is 0 Å². The lowest BCUT2D eigenvalue weighted by molar-refractivity contribution is -0.438. The highest BCUT2D eigenvalue weighted by Gasteiger charge is 2.46. The van der Waals surface area contributed by atoms with Gasteiger partial charge in [-0.05, 0) is 64.2 Å². The van der Waals surface area contributed by atoms with E-state index in [0.29, 0.717) is 25.8 Å². The molecule has 0 bridgehead atoms. The molecule has 11 heteroatoms. The van der Waals surface area contributed by atoms with Gasteiger partial charge in [0.1, 0.15) is 24.7 Å². The SMILES string of the molecule is C#CCC(NC(=O)NC(CCCCNC(=O)C(CCCC)N1C(=CC=CC2=[N+](CCCC)c3ccccc3C2(C)C)C(C)(C)c2cc(C)ccc21)C(=O)O)C(=O)O. The van der Waals surface area contributed by atoms with Gasteiger partial charge in [0.2, 0.25) is 11.6 Å². The van der Waals surface area contributed by atoms with E-state index >= 15 is 0 Å². The molecule has 306 valence electrons. The monoisotopic (exact) mass is 780 g/mol. The molecule has 5 N–H and O–H groups in total. The number of nitrogens with one attached hydrogen (secondary N) is 3. The maximum Gasteiger partial charge on any atom is 0.327 e. The Morgan fingerprint density at radius 2 is 1.56 bits per heavy atom. The fraction of sp³-hybridized carbons (Fsp3) is 0.500. The summed E-state index contributed by atoms with van der Waals surface area (Å²) in [6.07, 6.45) is 17.1. The molecule has 0 spiro atoms. The molecule has 2 aliphatic rings. The number of anilines is 1. The van der Waals surface area contributed by atoms with E-state index in [0.717, 1.165) is 49.2 Å². The summed E-state index contributed by atoms with van der Waals surface area (Å²) >= 11 is 0. The summed E-state index contributed by atoms with van der Waals surface area (Å²) in [5.74, 6) is -0.477. The number of benzene rings is 2. The zero-order chi connectivity index (χ0) is 41.9. The average Bonchev–Trinajstić information content (AvgIpc) is 3.51. The van der Waals surface area contributed by atoms with Crippen molar-refractivity contribution in [2.75, 3.05) is 18.0 Å². The average molecular weight is 781 g/mol. The lowest BCUT2D eigenvalue weighted by Crippen LogP contribution is -2.51. The zero-order valence-electron chi connectivity index (χ0n) is 34.8. The maximum absolute atomic E-state index is 14.2. The van der Waals surface area contributed by atoms with E-state index in [-0.39, 0.29) is 29.6 Å². The van der Waals surface area contributed by atoms with Crippen LogP contribution in [0.2, 0.25) is 0 Å². The summed E-state index contributed by atoms with van der Waals surface area (Å²) in [7, 11) is 0. The third kappa shape index (κ3) is 10.3. The van der Waals surface area contributed by atoms with E-state index in [1.807, 2.05) is 0 Å². The molecule has 0 saturated heterocycles. The Hall–Kier alpha value is -5.37. The normalized spacial score (nSPS) is 17.4. The topological polar surface area (TPSA) is 151 Å². The van der Waals surface area contributed by atoms with E-state index in [1.54, 1.807) is 0 Å². The second kappa shape index (κ2) is 19.7. The molecule has 0 fully saturated rings. The van der Waals surface area contributed by atoms with Crippen LogP contribution in [0.25, 0.3) is 0 Å². The molecular formula is C46H62N5O6+. The van der Waals surface area contributed by atoms with Gasteiger partial charge in [0.25, 0.3) is 0 Å². The number of urea groups is 1. The molecule has 0 saturated carbocycles. The number of carboxylic acid groups (broad SMARTS) is 2. The van der Waals surface area contributed by atoms with Crippen LogP contribution in [0, 0.1) is 19.3 Å². The quantitative estimate of drug-likeness (QED) is 0.0531. The Bertz CT molecular complexity index is 1940. The zero-order valence-corrected chi connectivity index (χ0v) is 34.8. The van der Waals surface area contributed by atoms with Gasteiger partial charge in [0.05, 0.1) is 5.41 Å². The van der Waals surface area contributed by atoms with E-state index in [9.17, 15) is 29.4 Å². The van der Waals surface area contributed by atoms with Crippen molar-refractivity contribution in [1.29, 1.82) is 0 Å². The Morgan fingerprint density at radius 1 is 0.877 bits per heavy atom. The third-order valence-corrected chi connectivity index (χ3v) is 11.2. The van der Waals surface area contributed by atoms with Crippen LogP contribution in [0.4, 0.5) is 16.2 Å². The van der Waals surface area contributed by atoms with E-state index in [1.165, 1.54) is 22.5 Å². The fourth-order valence-electron chi connectivity index (χ4n) is 7.99. The summed E-state index contributed by atoms with van der Waals surface area (Å²) in [5.41, 5.74) is 7.67. The number of aliphatic carboxylic acids is 2. The minimum absolute atomic E-state index is 0.0911. The van der Waals surface area contributed by atoms with Crippen molar-refractivity contribution in [3.05, 3.63) is 83.1 Å². The number of terminal acetylenes is 1. The second-order valence-corrected chi connectivity index (χ2v) is 16.2. The van der Waals surface area contributed by atoms with Gasteiger partial charge in [-0.1, -0.05) is 88.9 Å². The first kappa shape index (κ1) is 44.3. The predicted octanol–water partition coefficient (Wildman–Crippen LogP) is 7.48. The summed E-state index contributed by atoms with van der Waals surface area (Å²) < 4.78 is 2.46. The van der Waals surface area contributed by atoms with E-state index in [2.05, 4.69) is 141 Å². The standard InChI is InChI=1S/C46H61N5O6/c1-9-12-22-38(41(52)47-28-17-16-21-35(43(55)56)49-44(57)48-34(19-11-3)42(53)54)51-37-27-26-31(4)30-33(37)46(7,8)40(51)25-18-24-39-45(5,6)32-20-14-15-23-36(32)50(39)29-13-10-2/h3,14-15,18,20,23-27,30,34-35,38H,9-10,12-13,16-17,19,21-22,28-29H2,1-2,4-8H3,(H4-,47,48,49,52,53,54,55,56,57)/p+1. The molecule has 2 heterocycles. The van der Waals surface area contributed by atoms with Crippen molar-refractivity contribution in [2.24, 2.45) is 0 Å². The number of rotatable bonds is 20. The van der Waals surface area contributed by atoms with Crippen molar-refractivity contribution in [1.82, 2.24) is 16.0 Å². The van der Waals surface area contributed by atoms with Crippen molar-refractivity contribution in [3.8, 4) is 12.3 Å². The van der Waals surface area contributed by atoms with Gasteiger partial charge in [-0.3, -0.25) is 4.79 Å². The summed E-state index contributed by atoms with van der Waals surface area (Å²) in [5, 5.41) is 26.6. The summed E-state index contributed by atoms with van der Waals surface area (Å²) in [6, 6.07) is 11.1. The van der Waals surface area contributed by atoms with Gasteiger partial charge in [0, 0.05) is 53.9 Å². The number of hydrogen-bond acceptors (Lipinski definition) is 5. The van der Waals surface area contributed by atoms with Gasteiger partial charge in [0.15, 0.2) is 5.71 Å². The first-order valence-electron chi connectivity index (χ1n) is 20.4. The number of carbonyl (C=O) groups is 4. The van der Waals surface area contributed by atoms with E-state index < -0.39 is 36.1 Å². The number of carbonyl (C=O) groups excluding carboxylic acids is 2. The molecule has 2 aromatic carbocycles. The number of para-hydroxylation sites is 1. The number of carboxylic acids is 2. The van der Waals surface area contributed by atoms with Gasteiger partial charge in [-0.25, -0.2) is 14.4 Å². The Kier molecular flexibility index (Phi) is 15.3. The van der Waals surface area contributed by atoms with Crippen molar-refractivity contribution < 1.29 is 34.0 Å². The smallest absolute Gasteiger partial charge is 0.327 e. The van der Waals surface area contributed by atoms with Crippen LogP contribution in [0.15, 0.2) is 66.4 Å². The van der Waals surface area contributed by atoms with Crippen LogP contribution < -0.4 is 20.9 Å². The lowest BCUT2D eigenvalue weighted by atomic mass is 9.81. The molecule has 57 heavy (non-hydrogen) atoms. The molecule has 0 aliphatic carbocycles. The number of aryl methyl sites for hydroxylation is 1. The highest BCUT2D eigenvalue weighted by Crippen LogP contribution is 2.50. The number of fused-ring (bicyclic) bond motifs is 2. The van der Waals surface area contributed by atoms with Gasteiger partial charge >= 0.3 is 18.0 Å². The van der Waals surface area contributed by atoms with Gasteiger partial charge < -0.3 is 31.1 Å². The number of hydrogen-bond donors (Lipinski definition) is 5. The molecule has 3 amide bonds. The van der Waals surface area contributed by atoms with E-state index in [4.69, 9.17) is 6.42 Å². The van der Waals surface area contributed by atoms with Crippen LogP contribution in [-0.4, -0.2) is 75.6 Å². The summed E-state index contributed by atoms with van der Waals surface area (Å²) in [4.78, 5) is 52.1. The lowest BCUT2D eigenvalue weighted by Gasteiger charge is -2.33. The Labute approximate surface area is 338 Å². The third-order valence-electron chi connectivity index (χ3n) is 11.2. The molecule has 3 atom stereocenters. The Balaban J connectivity index is 1.56. The molecular weight excluding hydrogens is 719 g/mol. The molecule has 2 aromatic rings. The van der Waals surface area contributed by atoms with Gasteiger partial charge in [-0.2, -0.15) is 4.58 Å². The maximum atomic E-state index is 14.2. The largest absolute Gasteiger partial charge is 0.480 e. The van der Waals surface area contributed by atoms with Crippen LogP contribution in [0.3, 0.4) is 0 Å². The van der Waals surface area contributed by atoms with Crippen molar-refractivity contribution in [3.63, 3.8) is 0 Å². The highest BCUT2D eigenvalue weighted by atomic mass is 16.4. The molecule has 0 radical (unpaired) electrons. The number of allylic oxidation sites excluding steroid dienone is 4. The molecule has 3 unspecified atom stereocenters. The predicted molar refractivity (Wildman–Crippen MR) is 226 cm³/mol. The number of unbranched alkanes of at least 4 members (excludes halogenated alkanes) is 3. The molecule has 4 rings (SSSR count). The first-order chi connectivity index (χ1) is 27.1. The van der Waals surface area contributed by atoms with Crippen LogP contribution in [0.1, 0.15) is 116 Å². The van der Waals surface area contributed by atoms with Crippen LogP contribution in [0.5, 0.6) is 0 Å². The minimum Gasteiger partial charge on any atom is -0.480 e. The van der Waals surface area contributed by atoms with Crippen molar-refractivity contribution >= 4 is 41.0 Å². The van der Waals surface area contributed by atoms with Gasteiger partial charge in [-0.15, -0.1) is 12.3 Å². The second-order valence-electron chi connectivity index (χ2n) is 16.2. The number of amides is 3. The first-order valence-corrected chi connectivity index (χ1v) is 20.4. The fourth-order valence-corrected chi connectivity index (χ4v) is 7.99. The van der Waals surface area contributed by atoms with Crippen LogP contribution in [-0.2, 0) is 25.2 Å². The Morgan fingerprint density at radius 3 is 2.23 bits per heavy atom. The minimum atomic E-state index is -1.33. The summed E-state index contributed by atoms with van der Waals surface area (Å²) in [6.45, 7) is 16.7. The molecule has 0 aromatic heterocycles. The molecule has 11 nitrogen and oxygen atoms in total.